The van der Waals surface area contributed by atoms with Gasteiger partial charge in [0.1, 0.15) is 0 Å². The van der Waals surface area contributed by atoms with Crippen LogP contribution < -0.4 is 5.73 Å². The highest BCUT2D eigenvalue weighted by Gasteiger charge is 2.44. The highest BCUT2D eigenvalue weighted by Crippen LogP contribution is 2.49. The first-order chi connectivity index (χ1) is 8.33. The molecule has 4 heteroatoms. The maximum Gasteiger partial charge on any atom is 0.0911 e. The predicted molar refractivity (Wildman–Crippen MR) is 78.0 cm³/mol. The van der Waals surface area contributed by atoms with Gasteiger partial charge in [0.2, 0.25) is 0 Å². The molecule has 1 aliphatic carbocycles. The van der Waals surface area contributed by atoms with Gasteiger partial charge in [0.25, 0.3) is 0 Å². The first-order valence-corrected chi connectivity index (χ1v) is 7.03. The molecular weight excluding hydrogens is 224 g/mol. The maximum absolute atomic E-state index is 7.50. The summed E-state index contributed by atoms with van der Waals surface area (Å²) < 4.78 is 0. The second-order valence-corrected chi connectivity index (χ2v) is 6.63. The summed E-state index contributed by atoms with van der Waals surface area (Å²) in [5, 5.41) is 7.50. The van der Waals surface area contributed by atoms with Crippen LogP contribution in [0, 0.1) is 16.7 Å². The zero-order chi connectivity index (χ0) is 13.8. The molecule has 1 rings (SSSR count). The Morgan fingerprint density at radius 1 is 1.28 bits per heavy atom. The molecule has 0 bridgehead atoms. The van der Waals surface area contributed by atoms with E-state index in [0.29, 0.717) is 17.2 Å². The molecular formula is C14H30N4. The number of amidine groups is 1. The zero-order valence-corrected chi connectivity index (χ0v) is 12.5. The van der Waals surface area contributed by atoms with E-state index in [1.807, 2.05) is 0 Å². The lowest BCUT2D eigenvalue weighted by Gasteiger charge is -2.29. The standard InChI is InChI=1S/C14H30N4/c1-12(2)10-18(8-7-17(3)4)11-14(5-6-14)9-13(15)16/h12H,5-11H2,1-4H3,(H3,15,16). The van der Waals surface area contributed by atoms with Gasteiger partial charge in [-0.1, -0.05) is 13.8 Å². The van der Waals surface area contributed by atoms with E-state index in [2.05, 4.69) is 37.7 Å². The minimum Gasteiger partial charge on any atom is -0.388 e. The highest BCUT2D eigenvalue weighted by molar-refractivity contribution is 5.78. The van der Waals surface area contributed by atoms with Crippen LogP contribution in [0.5, 0.6) is 0 Å². The number of nitrogens with one attached hydrogen (secondary N) is 1. The van der Waals surface area contributed by atoms with E-state index in [1.165, 1.54) is 12.8 Å². The van der Waals surface area contributed by atoms with Gasteiger partial charge >= 0.3 is 0 Å². The zero-order valence-electron chi connectivity index (χ0n) is 12.5. The SMILES string of the molecule is CC(C)CN(CCN(C)C)CC1(CC(=N)N)CC1. The Labute approximate surface area is 112 Å². The van der Waals surface area contributed by atoms with Crippen LogP contribution in [0.15, 0.2) is 0 Å². The Bertz CT molecular complexity index is 269. The highest BCUT2D eigenvalue weighted by atomic mass is 15.2. The molecule has 0 aromatic heterocycles. The molecule has 0 spiro atoms. The van der Waals surface area contributed by atoms with Gasteiger partial charge in [-0.3, -0.25) is 5.41 Å². The van der Waals surface area contributed by atoms with Crippen molar-refractivity contribution in [2.75, 3.05) is 40.3 Å². The lowest BCUT2D eigenvalue weighted by Crippen LogP contribution is -2.39. The quantitative estimate of drug-likeness (QED) is 0.485. The lowest BCUT2D eigenvalue weighted by molar-refractivity contribution is 0.183. The van der Waals surface area contributed by atoms with E-state index < -0.39 is 0 Å². The van der Waals surface area contributed by atoms with E-state index in [-0.39, 0.29) is 0 Å². The average molecular weight is 254 g/mol. The van der Waals surface area contributed by atoms with Crippen molar-refractivity contribution in [1.29, 1.82) is 5.41 Å². The van der Waals surface area contributed by atoms with Crippen LogP contribution in [-0.4, -0.2) is 55.9 Å². The molecule has 106 valence electrons. The van der Waals surface area contributed by atoms with Crippen molar-refractivity contribution in [2.45, 2.75) is 33.1 Å². The van der Waals surface area contributed by atoms with Gasteiger partial charge in [0, 0.05) is 32.6 Å². The number of hydrogen-bond donors (Lipinski definition) is 2. The molecule has 1 saturated carbocycles. The van der Waals surface area contributed by atoms with E-state index in [9.17, 15) is 0 Å². The van der Waals surface area contributed by atoms with E-state index in [4.69, 9.17) is 11.1 Å². The fourth-order valence-electron chi connectivity index (χ4n) is 2.54. The van der Waals surface area contributed by atoms with Gasteiger partial charge in [-0.25, -0.2) is 0 Å². The molecule has 0 aromatic rings. The maximum atomic E-state index is 7.50. The van der Waals surface area contributed by atoms with Crippen LogP contribution in [0.25, 0.3) is 0 Å². The Kier molecular flexibility index (Phi) is 5.60. The van der Waals surface area contributed by atoms with Crippen LogP contribution in [0.2, 0.25) is 0 Å². The Morgan fingerprint density at radius 3 is 2.28 bits per heavy atom. The second kappa shape index (κ2) is 6.53. The summed E-state index contributed by atoms with van der Waals surface area (Å²) in [5.41, 5.74) is 5.90. The molecule has 0 saturated heterocycles. The van der Waals surface area contributed by atoms with Crippen molar-refractivity contribution < 1.29 is 0 Å². The third kappa shape index (κ3) is 5.83. The molecule has 0 heterocycles. The minimum atomic E-state index is 0.326. The first-order valence-electron chi connectivity index (χ1n) is 7.03. The van der Waals surface area contributed by atoms with Crippen LogP contribution >= 0.6 is 0 Å². The minimum absolute atomic E-state index is 0.326. The van der Waals surface area contributed by atoms with Crippen molar-refractivity contribution in [3.05, 3.63) is 0 Å². The number of hydrogen-bond acceptors (Lipinski definition) is 3. The number of rotatable bonds is 9. The summed E-state index contributed by atoms with van der Waals surface area (Å²) in [6.45, 7) is 9.01. The van der Waals surface area contributed by atoms with Gasteiger partial charge < -0.3 is 15.5 Å². The first kappa shape index (κ1) is 15.4. The molecule has 0 radical (unpaired) electrons. The van der Waals surface area contributed by atoms with Gasteiger partial charge in [-0.15, -0.1) is 0 Å². The molecule has 18 heavy (non-hydrogen) atoms. The van der Waals surface area contributed by atoms with Crippen LogP contribution in [-0.2, 0) is 0 Å². The second-order valence-electron chi connectivity index (χ2n) is 6.63. The molecule has 0 atom stereocenters. The molecule has 4 nitrogen and oxygen atoms in total. The topological polar surface area (TPSA) is 56.4 Å². The summed E-state index contributed by atoms with van der Waals surface area (Å²) >= 11 is 0. The smallest absolute Gasteiger partial charge is 0.0911 e. The Balaban J connectivity index is 2.47. The van der Waals surface area contributed by atoms with Crippen LogP contribution in [0.3, 0.4) is 0 Å². The fourth-order valence-corrected chi connectivity index (χ4v) is 2.54. The third-order valence-corrected chi connectivity index (χ3v) is 3.57. The van der Waals surface area contributed by atoms with Crippen molar-refractivity contribution in [3.63, 3.8) is 0 Å². The van der Waals surface area contributed by atoms with Crippen molar-refractivity contribution >= 4 is 5.84 Å². The normalized spacial score (nSPS) is 17.7. The third-order valence-electron chi connectivity index (χ3n) is 3.57. The number of nitrogens with zero attached hydrogens (tertiary/aromatic N) is 2. The van der Waals surface area contributed by atoms with Crippen molar-refractivity contribution in [1.82, 2.24) is 9.80 Å². The van der Waals surface area contributed by atoms with E-state index in [0.717, 1.165) is 32.6 Å². The monoisotopic (exact) mass is 254 g/mol. The molecule has 0 amide bonds. The Morgan fingerprint density at radius 2 is 1.89 bits per heavy atom. The molecule has 0 unspecified atom stereocenters. The lowest BCUT2D eigenvalue weighted by atomic mass is 10.0. The summed E-state index contributed by atoms with van der Waals surface area (Å²) in [6.07, 6.45) is 3.26. The van der Waals surface area contributed by atoms with Gasteiger partial charge in [-0.2, -0.15) is 0 Å². The number of likely N-dealkylation sites (N-methyl/N-ethyl adjacent to an activating group) is 1. The van der Waals surface area contributed by atoms with E-state index in [1.54, 1.807) is 0 Å². The largest absolute Gasteiger partial charge is 0.388 e. The van der Waals surface area contributed by atoms with Gasteiger partial charge in [0.15, 0.2) is 0 Å². The Hall–Kier alpha value is -0.610. The van der Waals surface area contributed by atoms with Crippen LogP contribution in [0.4, 0.5) is 0 Å². The predicted octanol–water partition coefficient (Wildman–Crippen LogP) is 1.61. The summed E-state index contributed by atoms with van der Waals surface area (Å²) in [4.78, 5) is 4.79. The van der Waals surface area contributed by atoms with Crippen molar-refractivity contribution in [2.24, 2.45) is 17.1 Å². The summed E-state index contributed by atoms with van der Waals surface area (Å²) in [5.74, 6) is 1.05. The van der Waals surface area contributed by atoms with Gasteiger partial charge in [-0.05, 0) is 38.3 Å². The number of nitrogens with two attached hydrogens (primary N) is 1. The molecule has 1 aliphatic rings. The van der Waals surface area contributed by atoms with Gasteiger partial charge in [0.05, 0.1) is 5.84 Å². The van der Waals surface area contributed by atoms with Crippen molar-refractivity contribution in [3.8, 4) is 0 Å². The molecule has 0 aliphatic heterocycles. The van der Waals surface area contributed by atoms with E-state index >= 15 is 0 Å². The fraction of sp³-hybridized carbons (Fsp3) is 0.929. The molecule has 3 N–H and O–H groups in total. The average Bonchev–Trinajstić information content (AvgIpc) is 2.92. The summed E-state index contributed by atoms with van der Waals surface area (Å²) in [6, 6.07) is 0. The summed E-state index contributed by atoms with van der Waals surface area (Å²) in [7, 11) is 4.24. The van der Waals surface area contributed by atoms with Crippen LogP contribution in [0.1, 0.15) is 33.1 Å². The molecule has 1 fully saturated rings. The molecule has 0 aromatic carbocycles.